The van der Waals surface area contributed by atoms with Crippen molar-refractivity contribution in [1.82, 2.24) is 20.1 Å². The molecule has 1 unspecified atom stereocenters. The minimum Gasteiger partial charge on any atom is -0.312 e. The number of rotatable bonds is 6. The Labute approximate surface area is 116 Å². The molecule has 5 nitrogen and oxygen atoms in total. The molecule has 1 heterocycles. The molecule has 0 spiro atoms. The van der Waals surface area contributed by atoms with Crippen molar-refractivity contribution < 1.29 is 0 Å². The molecule has 0 saturated heterocycles. The minimum atomic E-state index is -0.147. The van der Waals surface area contributed by atoms with Crippen molar-refractivity contribution in [3.8, 4) is 0 Å². The molecule has 2 rings (SSSR count). The second kappa shape index (κ2) is 6.58. The monoisotopic (exact) mass is 278 g/mol. The Balaban J connectivity index is 2.06. The first-order valence-corrected chi connectivity index (χ1v) is 7.25. The molecule has 6 heteroatoms. The highest BCUT2D eigenvalue weighted by atomic mass is 32.2. The third kappa shape index (κ3) is 3.27. The van der Waals surface area contributed by atoms with Gasteiger partial charge in [0.25, 0.3) is 0 Å². The predicted molar refractivity (Wildman–Crippen MR) is 77.5 cm³/mol. The summed E-state index contributed by atoms with van der Waals surface area (Å²) in [6.07, 6.45) is 0. The third-order valence-corrected chi connectivity index (χ3v) is 4.04. The van der Waals surface area contributed by atoms with Crippen LogP contribution in [0.5, 0.6) is 0 Å². The number of nitrogens with zero attached hydrogens (tertiary/aromatic N) is 2. The first kappa shape index (κ1) is 13.9. The van der Waals surface area contributed by atoms with Crippen LogP contribution in [0, 0.1) is 0 Å². The van der Waals surface area contributed by atoms with Gasteiger partial charge in [0.05, 0.1) is 0 Å². The predicted octanol–water partition coefficient (Wildman–Crippen LogP) is 1.64. The number of H-pyrrole nitrogens is 1. The van der Waals surface area contributed by atoms with Crippen molar-refractivity contribution in [1.29, 1.82) is 0 Å². The second-order valence-electron chi connectivity index (χ2n) is 4.12. The summed E-state index contributed by atoms with van der Waals surface area (Å²) in [7, 11) is 1.94. The summed E-state index contributed by atoms with van der Waals surface area (Å²) >= 11 is 1.58. The molecule has 0 amide bonds. The van der Waals surface area contributed by atoms with Crippen molar-refractivity contribution in [3.63, 3.8) is 0 Å². The quantitative estimate of drug-likeness (QED) is 0.789. The van der Waals surface area contributed by atoms with E-state index < -0.39 is 0 Å². The number of hydrogen-bond acceptors (Lipinski definition) is 4. The van der Waals surface area contributed by atoms with Gasteiger partial charge in [0.2, 0.25) is 0 Å². The largest absolute Gasteiger partial charge is 0.343 e. The summed E-state index contributed by atoms with van der Waals surface area (Å²) in [6, 6.07) is 10.5. The lowest BCUT2D eigenvalue weighted by molar-refractivity contribution is 0.645. The maximum absolute atomic E-state index is 11.5. The van der Waals surface area contributed by atoms with Crippen LogP contribution in [0.25, 0.3) is 0 Å². The fourth-order valence-corrected chi connectivity index (χ4v) is 3.03. The highest BCUT2D eigenvalue weighted by Crippen LogP contribution is 2.22. The van der Waals surface area contributed by atoms with Crippen molar-refractivity contribution in [2.45, 2.75) is 24.7 Å². The van der Waals surface area contributed by atoms with Crippen LogP contribution in [0.1, 0.15) is 18.5 Å². The number of hydrogen-bond donors (Lipinski definition) is 2. The first-order valence-electron chi connectivity index (χ1n) is 6.26. The Kier molecular flexibility index (Phi) is 4.81. The van der Waals surface area contributed by atoms with Crippen LogP contribution < -0.4 is 11.0 Å². The number of benzene rings is 1. The van der Waals surface area contributed by atoms with Gasteiger partial charge in [0.1, 0.15) is 0 Å². The maximum atomic E-state index is 11.5. The Morgan fingerprint density at radius 2 is 2.16 bits per heavy atom. The Hall–Kier alpha value is -1.53. The van der Waals surface area contributed by atoms with Crippen LogP contribution in [-0.4, -0.2) is 27.6 Å². The standard InChI is InChI=1S/C13H18N4OS/c1-3-17-12(18)15-16-13(17)19-9-11(14-2)10-7-5-4-6-8-10/h4-8,11,14H,3,9H2,1-2H3,(H,15,18). The summed E-state index contributed by atoms with van der Waals surface area (Å²) < 4.78 is 1.64. The van der Waals surface area contributed by atoms with Gasteiger partial charge in [-0.3, -0.25) is 4.57 Å². The van der Waals surface area contributed by atoms with Crippen molar-refractivity contribution in [3.05, 3.63) is 46.4 Å². The average Bonchev–Trinajstić information content (AvgIpc) is 2.81. The van der Waals surface area contributed by atoms with E-state index in [1.54, 1.807) is 16.3 Å². The zero-order chi connectivity index (χ0) is 13.7. The summed E-state index contributed by atoms with van der Waals surface area (Å²) in [5, 5.41) is 10.6. The van der Waals surface area contributed by atoms with Crippen LogP contribution in [0.15, 0.2) is 40.3 Å². The van der Waals surface area contributed by atoms with Gasteiger partial charge in [-0.2, -0.15) is 0 Å². The zero-order valence-corrected chi connectivity index (χ0v) is 11.9. The highest BCUT2D eigenvalue weighted by molar-refractivity contribution is 7.99. The smallest absolute Gasteiger partial charge is 0.312 e. The van der Waals surface area contributed by atoms with E-state index in [2.05, 4.69) is 27.6 Å². The lowest BCUT2D eigenvalue weighted by atomic mass is 10.1. The Morgan fingerprint density at radius 3 is 2.79 bits per heavy atom. The molecular weight excluding hydrogens is 260 g/mol. The fraction of sp³-hybridized carbons (Fsp3) is 0.385. The van der Waals surface area contributed by atoms with Crippen LogP contribution in [0.3, 0.4) is 0 Å². The van der Waals surface area contributed by atoms with Gasteiger partial charge >= 0.3 is 5.69 Å². The van der Waals surface area contributed by atoms with Gasteiger partial charge in [0, 0.05) is 18.3 Å². The SMILES string of the molecule is CCn1c(SCC(NC)c2ccccc2)n[nH]c1=O. The minimum absolute atomic E-state index is 0.147. The molecule has 1 aromatic heterocycles. The van der Waals surface area contributed by atoms with Gasteiger partial charge in [0.15, 0.2) is 5.16 Å². The van der Waals surface area contributed by atoms with Crippen molar-refractivity contribution in [2.75, 3.05) is 12.8 Å². The number of thioether (sulfide) groups is 1. The molecule has 0 radical (unpaired) electrons. The van der Waals surface area contributed by atoms with Gasteiger partial charge < -0.3 is 5.32 Å². The highest BCUT2D eigenvalue weighted by Gasteiger charge is 2.12. The van der Waals surface area contributed by atoms with E-state index in [1.807, 2.05) is 32.2 Å². The van der Waals surface area contributed by atoms with E-state index in [9.17, 15) is 4.79 Å². The molecule has 0 aliphatic carbocycles. The van der Waals surface area contributed by atoms with Crippen molar-refractivity contribution >= 4 is 11.8 Å². The number of aromatic nitrogens is 3. The molecule has 102 valence electrons. The van der Waals surface area contributed by atoms with Crippen LogP contribution in [0.4, 0.5) is 0 Å². The second-order valence-corrected chi connectivity index (χ2v) is 5.11. The average molecular weight is 278 g/mol. The molecular formula is C13H18N4OS. The van der Waals surface area contributed by atoms with Gasteiger partial charge in [-0.05, 0) is 19.5 Å². The number of aromatic amines is 1. The molecule has 0 fully saturated rings. The molecule has 0 bridgehead atoms. The van der Waals surface area contributed by atoms with Gasteiger partial charge in [-0.1, -0.05) is 42.1 Å². The summed E-state index contributed by atoms with van der Waals surface area (Å²) in [4.78, 5) is 11.5. The van der Waals surface area contributed by atoms with E-state index >= 15 is 0 Å². The van der Waals surface area contributed by atoms with E-state index in [0.717, 1.165) is 10.9 Å². The van der Waals surface area contributed by atoms with Crippen LogP contribution in [0.2, 0.25) is 0 Å². The molecule has 2 N–H and O–H groups in total. The third-order valence-electron chi connectivity index (χ3n) is 2.97. The number of nitrogens with one attached hydrogen (secondary N) is 2. The molecule has 0 aliphatic rings. The normalized spacial score (nSPS) is 12.5. The lowest BCUT2D eigenvalue weighted by Gasteiger charge is -2.15. The Bertz CT molecular complexity index is 564. The van der Waals surface area contributed by atoms with E-state index in [4.69, 9.17) is 0 Å². The van der Waals surface area contributed by atoms with E-state index in [0.29, 0.717) is 6.54 Å². The van der Waals surface area contributed by atoms with Gasteiger partial charge in [-0.15, -0.1) is 5.10 Å². The molecule has 19 heavy (non-hydrogen) atoms. The molecule has 0 aliphatic heterocycles. The van der Waals surface area contributed by atoms with E-state index in [1.165, 1.54) is 5.56 Å². The topological polar surface area (TPSA) is 62.7 Å². The molecule has 1 atom stereocenters. The fourth-order valence-electron chi connectivity index (χ4n) is 1.88. The summed E-state index contributed by atoms with van der Waals surface area (Å²) in [5.41, 5.74) is 1.09. The van der Waals surface area contributed by atoms with Gasteiger partial charge in [-0.25, -0.2) is 9.89 Å². The molecule has 1 aromatic carbocycles. The zero-order valence-electron chi connectivity index (χ0n) is 11.1. The van der Waals surface area contributed by atoms with Crippen LogP contribution in [-0.2, 0) is 6.54 Å². The van der Waals surface area contributed by atoms with Crippen LogP contribution >= 0.6 is 11.8 Å². The maximum Gasteiger partial charge on any atom is 0.343 e. The summed E-state index contributed by atoms with van der Waals surface area (Å²) in [5.74, 6) is 0.824. The summed E-state index contributed by atoms with van der Waals surface area (Å²) in [6.45, 7) is 2.57. The Morgan fingerprint density at radius 1 is 1.42 bits per heavy atom. The lowest BCUT2D eigenvalue weighted by Crippen LogP contribution is -2.20. The van der Waals surface area contributed by atoms with Crippen molar-refractivity contribution in [2.24, 2.45) is 0 Å². The molecule has 2 aromatic rings. The molecule has 0 saturated carbocycles. The first-order chi connectivity index (χ1) is 9.26. The van der Waals surface area contributed by atoms with E-state index in [-0.39, 0.29) is 11.7 Å².